The molecule has 1 amide bonds. The van der Waals surface area contributed by atoms with Gasteiger partial charge in [-0.15, -0.1) is 0 Å². The lowest BCUT2D eigenvalue weighted by Crippen LogP contribution is -2.43. The van der Waals surface area contributed by atoms with E-state index in [-0.39, 0.29) is 11.9 Å². The van der Waals surface area contributed by atoms with Crippen LogP contribution in [0, 0.1) is 0 Å². The van der Waals surface area contributed by atoms with Gasteiger partial charge in [-0.05, 0) is 25.1 Å². The average molecular weight is 292 g/mol. The van der Waals surface area contributed by atoms with Gasteiger partial charge >= 0.3 is 0 Å². The van der Waals surface area contributed by atoms with E-state index in [1.165, 1.54) is 20.3 Å². The van der Waals surface area contributed by atoms with Gasteiger partial charge in [-0.3, -0.25) is 4.79 Å². The Labute approximate surface area is 116 Å². The quantitative estimate of drug-likeness (QED) is 0.849. The molecule has 0 saturated heterocycles. The number of methoxy groups -OCH3 is 2. The van der Waals surface area contributed by atoms with Crippen LogP contribution in [-0.4, -0.2) is 32.5 Å². The lowest BCUT2D eigenvalue weighted by Gasteiger charge is -2.22. The first-order chi connectivity index (χ1) is 8.49. The van der Waals surface area contributed by atoms with Crippen LogP contribution in [0.3, 0.4) is 0 Å². The number of amides is 1. The molecule has 6 heteroatoms. The topological polar surface area (TPSA) is 47.6 Å². The van der Waals surface area contributed by atoms with E-state index in [1.54, 1.807) is 19.1 Å². The molecule has 0 fully saturated rings. The molecule has 0 spiro atoms. The van der Waals surface area contributed by atoms with Gasteiger partial charge in [-0.2, -0.15) is 0 Å². The lowest BCUT2D eigenvalue weighted by atomic mass is 10.2. The highest BCUT2D eigenvalue weighted by Crippen LogP contribution is 2.21. The molecule has 1 N–H and O–H groups in total. The Morgan fingerprint density at radius 1 is 1.28 bits per heavy atom. The van der Waals surface area contributed by atoms with Crippen molar-refractivity contribution >= 4 is 29.1 Å². The first kappa shape index (κ1) is 15.2. The minimum absolute atomic E-state index is 0.303. The van der Waals surface area contributed by atoms with E-state index in [2.05, 4.69) is 5.32 Å². The third kappa shape index (κ3) is 3.85. The molecule has 1 rings (SSSR count). The number of benzene rings is 1. The maximum Gasteiger partial charge on any atom is 0.253 e. The molecule has 18 heavy (non-hydrogen) atoms. The summed E-state index contributed by atoms with van der Waals surface area (Å²) in [5.74, 6) is -0.303. The largest absolute Gasteiger partial charge is 0.354 e. The van der Waals surface area contributed by atoms with Crippen LogP contribution in [0.25, 0.3) is 0 Å². The van der Waals surface area contributed by atoms with Crippen LogP contribution < -0.4 is 5.32 Å². The minimum Gasteiger partial charge on any atom is -0.354 e. The second kappa shape index (κ2) is 6.95. The van der Waals surface area contributed by atoms with Gasteiger partial charge in [0.2, 0.25) is 0 Å². The van der Waals surface area contributed by atoms with Crippen LogP contribution in [-0.2, 0) is 9.47 Å². The maximum absolute atomic E-state index is 12.0. The molecule has 0 aromatic heterocycles. The number of hydrogen-bond acceptors (Lipinski definition) is 3. The van der Waals surface area contributed by atoms with Gasteiger partial charge in [0.1, 0.15) is 0 Å². The van der Waals surface area contributed by atoms with Crippen molar-refractivity contribution in [3.8, 4) is 0 Å². The maximum atomic E-state index is 12.0. The first-order valence-corrected chi connectivity index (χ1v) is 6.06. The second-order valence-corrected chi connectivity index (χ2v) is 4.57. The molecule has 1 atom stereocenters. The fourth-order valence-corrected chi connectivity index (χ4v) is 2.02. The molecule has 0 aliphatic carbocycles. The van der Waals surface area contributed by atoms with Gasteiger partial charge in [0.05, 0.1) is 16.6 Å². The highest BCUT2D eigenvalue weighted by Gasteiger charge is 2.20. The number of carbonyl (C=O) groups excluding carboxylic acids is 1. The van der Waals surface area contributed by atoms with E-state index in [1.807, 2.05) is 0 Å². The highest BCUT2D eigenvalue weighted by molar-refractivity contribution is 6.36. The Bertz CT molecular complexity index is 422. The number of ether oxygens (including phenoxy) is 2. The summed E-state index contributed by atoms with van der Waals surface area (Å²) in [6.45, 7) is 1.78. The van der Waals surface area contributed by atoms with E-state index in [9.17, 15) is 4.79 Å². The van der Waals surface area contributed by atoms with Crippen LogP contribution >= 0.6 is 23.2 Å². The molecule has 100 valence electrons. The van der Waals surface area contributed by atoms with Crippen molar-refractivity contribution in [2.75, 3.05) is 14.2 Å². The van der Waals surface area contributed by atoms with Gasteiger partial charge < -0.3 is 14.8 Å². The van der Waals surface area contributed by atoms with Gasteiger partial charge in [0.15, 0.2) is 6.29 Å². The Morgan fingerprint density at radius 3 is 2.39 bits per heavy atom. The Morgan fingerprint density at radius 2 is 1.89 bits per heavy atom. The number of hydrogen-bond donors (Lipinski definition) is 1. The lowest BCUT2D eigenvalue weighted by molar-refractivity contribution is -0.117. The van der Waals surface area contributed by atoms with E-state index < -0.39 is 6.29 Å². The Balaban J connectivity index is 2.76. The van der Waals surface area contributed by atoms with Crippen molar-refractivity contribution in [2.45, 2.75) is 19.3 Å². The predicted molar refractivity (Wildman–Crippen MR) is 71.2 cm³/mol. The molecule has 0 heterocycles. The van der Waals surface area contributed by atoms with Crippen molar-refractivity contribution in [3.63, 3.8) is 0 Å². The Hall–Kier alpha value is -0.810. The third-order valence-electron chi connectivity index (χ3n) is 2.41. The van der Waals surface area contributed by atoms with Gasteiger partial charge in [-0.25, -0.2) is 0 Å². The van der Waals surface area contributed by atoms with Gasteiger partial charge in [0, 0.05) is 19.2 Å². The normalized spacial score (nSPS) is 12.6. The first-order valence-electron chi connectivity index (χ1n) is 5.31. The number of carbonyl (C=O) groups is 1. The molecule has 0 bridgehead atoms. The van der Waals surface area contributed by atoms with E-state index >= 15 is 0 Å². The van der Waals surface area contributed by atoms with Crippen molar-refractivity contribution < 1.29 is 14.3 Å². The zero-order valence-corrected chi connectivity index (χ0v) is 11.9. The van der Waals surface area contributed by atoms with Crippen molar-refractivity contribution in [1.82, 2.24) is 5.32 Å². The predicted octanol–water partition coefficient (Wildman–Crippen LogP) is 2.73. The average Bonchev–Trinajstić information content (AvgIpc) is 2.30. The molecule has 1 aromatic carbocycles. The standard InChI is InChI=1S/C12H15Cl2NO3/c1-7(12(17-2)18-3)15-11(16)9-5-4-8(13)6-10(9)14/h4-7,12H,1-3H3,(H,15,16). The summed E-state index contributed by atoms with van der Waals surface area (Å²) < 4.78 is 10.1. The van der Waals surface area contributed by atoms with Crippen LogP contribution in [0.5, 0.6) is 0 Å². The monoisotopic (exact) mass is 291 g/mol. The van der Waals surface area contributed by atoms with Crippen molar-refractivity contribution in [3.05, 3.63) is 33.8 Å². The van der Waals surface area contributed by atoms with Crippen LogP contribution in [0.15, 0.2) is 18.2 Å². The molecular formula is C12H15Cl2NO3. The zero-order chi connectivity index (χ0) is 13.7. The fourth-order valence-electron chi connectivity index (χ4n) is 1.53. The van der Waals surface area contributed by atoms with Gasteiger partial charge in [0.25, 0.3) is 5.91 Å². The molecular weight excluding hydrogens is 277 g/mol. The van der Waals surface area contributed by atoms with Crippen LogP contribution in [0.2, 0.25) is 10.0 Å². The summed E-state index contributed by atoms with van der Waals surface area (Å²) in [6.07, 6.45) is -0.514. The summed E-state index contributed by atoms with van der Waals surface area (Å²) in [5, 5.41) is 3.53. The SMILES string of the molecule is COC(OC)C(C)NC(=O)c1ccc(Cl)cc1Cl. The summed E-state index contributed by atoms with van der Waals surface area (Å²) >= 11 is 11.7. The number of halogens is 2. The second-order valence-electron chi connectivity index (χ2n) is 3.73. The van der Waals surface area contributed by atoms with E-state index in [0.29, 0.717) is 15.6 Å². The summed E-state index contributed by atoms with van der Waals surface area (Å²) in [4.78, 5) is 12.0. The molecule has 4 nitrogen and oxygen atoms in total. The smallest absolute Gasteiger partial charge is 0.253 e. The third-order valence-corrected chi connectivity index (χ3v) is 2.96. The summed E-state index contributed by atoms with van der Waals surface area (Å²) in [6, 6.07) is 4.39. The van der Waals surface area contributed by atoms with E-state index in [0.717, 1.165) is 0 Å². The van der Waals surface area contributed by atoms with Crippen molar-refractivity contribution in [1.29, 1.82) is 0 Å². The van der Waals surface area contributed by atoms with Crippen LogP contribution in [0.1, 0.15) is 17.3 Å². The number of rotatable bonds is 5. The highest BCUT2D eigenvalue weighted by atomic mass is 35.5. The number of nitrogens with one attached hydrogen (secondary N) is 1. The summed E-state index contributed by atoms with van der Waals surface area (Å²) in [7, 11) is 3.01. The zero-order valence-electron chi connectivity index (χ0n) is 10.4. The minimum atomic E-state index is -0.514. The Kier molecular flexibility index (Phi) is 5.88. The molecule has 1 unspecified atom stereocenters. The fraction of sp³-hybridized carbons (Fsp3) is 0.417. The van der Waals surface area contributed by atoms with E-state index in [4.69, 9.17) is 32.7 Å². The molecule has 0 aliphatic heterocycles. The molecule has 0 aliphatic rings. The molecule has 0 saturated carbocycles. The molecule has 0 radical (unpaired) electrons. The van der Waals surface area contributed by atoms with Crippen LogP contribution in [0.4, 0.5) is 0 Å². The summed E-state index contributed by atoms with van der Waals surface area (Å²) in [5.41, 5.74) is 0.360. The molecule has 1 aromatic rings. The van der Waals surface area contributed by atoms with Gasteiger partial charge in [-0.1, -0.05) is 23.2 Å². The van der Waals surface area contributed by atoms with Crippen molar-refractivity contribution in [2.24, 2.45) is 0 Å².